The molecule has 0 saturated carbocycles. The lowest BCUT2D eigenvalue weighted by molar-refractivity contribution is -0.132. The Bertz CT molecular complexity index is 977. The maximum absolute atomic E-state index is 13.2. The average Bonchev–Trinajstić information content (AvgIpc) is 3.47. The molecule has 0 spiro atoms. The van der Waals surface area contributed by atoms with Crippen molar-refractivity contribution in [3.63, 3.8) is 0 Å². The number of thiazole rings is 1. The second-order valence-corrected chi connectivity index (χ2v) is 10.8. The zero-order valence-electron chi connectivity index (χ0n) is 17.7. The van der Waals surface area contributed by atoms with Crippen LogP contribution >= 0.6 is 22.9 Å². The maximum Gasteiger partial charge on any atom is 0.228 e. The molecular formula is C23H28ClN3O2S. The minimum Gasteiger partial charge on any atom is -0.492 e. The van der Waals surface area contributed by atoms with Crippen LogP contribution in [0.3, 0.4) is 0 Å². The number of carbonyl (C=O) groups excluding carboxylic acids is 1. The van der Waals surface area contributed by atoms with Crippen molar-refractivity contribution in [2.45, 2.75) is 63.6 Å². The van der Waals surface area contributed by atoms with E-state index in [1.165, 1.54) is 5.56 Å². The minimum absolute atomic E-state index is 0.0323. The predicted octanol–water partition coefficient (Wildman–Crippen LogP) is 4.18. The largest absolute Gasteiger partial charge is 0.492 e. The highest BCUT2D eigenvalue weighted by Crippen LogP contribution is 2.53. The fourth-order valence-electron chi connectivity index (χ4n) is 5.92. The molecule has 1 aromatic carbocycles. The van der Waals surface area contributed by atoms with Crippen LogP contribution in [0.4, 0.5) is 0 Å². The Balaban J connectivity index is 1.48. The molecule has 0 unspecified atom stereocenters. The monoisotopic (exact) mass is 445 g/mol. The summed E-state index contributed by atoms with van der Waals surface area (Å²) < 4.78 is 6.13. The number of aromatic nitrogens is 1. The molecule has 5 rings (SSSR count). The third-order valence-corrected chi connectivity index (χ3v) is 8.18. The molecule has 7 heteroatoms. The van der Waals surface area contributed by atoms with Crippen LogP contribution < -0.4 is 10.1 Å². The third-order valence-electron chi connectivity index (χ3n) is 7.33. The first-order valence-electron chi connectivity index (χ1n) is 10.6. The summed E-state index contributed by atoms with van der Waals surface area (Å²) in [6.45, 7) is 5.84. The topological polar surface area (TPSA) is 54.5 Å². The van der Waals surface area contributed by atoms with Gasteiger partial charge in [-0.15, -0.1) is 11.3 Å². The van der Waals surface area contributed by atoms with Crippen LogP contribution in [0.1, 0.15) is 49.9 Å². The number of hydrogen-bond donors (Lipinski definition) is 1. The quantitative estimate of drug-likeness (QED) is 0.750. The van der Waals surface area contributed by atoms with E-state index in [4.69, 9.17) is 16.3 Å². The number of ether oxygens (including phenoxy) is 1. The van der Waals surface area contributed by atoms with Crippen molar-refractivity contribution in [2.75, 3.05) is 13.7 Å². The van der Waals surface area contributed by atoms with Crippen molar-refractivity contribution in [1.29, 1.82) is 0 Å². The zero-order valence-corrected chi connectivity index (χ0v) is 19.3. The fourth-order valence-corrected chi connectivity index (χ4v) is 6.72. The van der Waals surface area contributed by atoms with Gasteiger partial charge in [-0.05, 0) is 31.4 Å². The summed E-state index contributed by atoms with van der Waals surface area (Å²) in [5.74, 6) is 1.13. The number of benzene rings is 1. The van der Waals surface area contributed by atoms with Crippen molar-refractivity contribution in [3.8, 4) is 5.75 Å². The Kier molecular flexibility index (Phi) is 4.88. The first-order valence-corrected chi connectivity index (χ1v) is 12.0. The minimum atomic E-state index is -0.423. The number of halogens is 1. The molecule has 3 aliphatic rings. The van der Waals surface area contributed by atoms with Crippen molar-refractivity contribution in [3.05, 3.63) is 44.9 Å². The van der Waals surface area contributed by atoms with Crippen molar-refractivity contribution < 1.29 is 9.53 Å². The van der Waals surface area contributed by atoms with Gasteiger partial charge in [0.05, 0.1) is 23.2 Å². The molecule has 5 nitrogen and oxygen atoms in total. The summed E-state index contributed by atoms with van der Waals surface area (Å²) in [6, 6.07) is 4.69. The number of rotatable bonds is 5. The Morgan fingerprint density at radius 1 is 1.40 bits per heavy atom. The van der Waals surface area contributed by atoms with Crippen molar-refractivity contribution in [2.24, 2.45) is 5.41 Å². The van der Waals surface area contributed by atoms with E-state index in [9.17, 15) is 4.79 Å². The first-order chi connectivity index (χ1) is 14.3. The second kappa shape index (κ2) is 7.21. The van der Waals surface area contributed by atoms with E-state index in [1.807, 2.05) is 17.6 Å². The van der Waals surface area contributed by atoms with Crippen LogP contribution in [0.25, 0.3) is 0 Å². The number of fused-ring (bicyclic) bond motifs is 3. The van der Waals surface area contributed by atoms with Gasteiger partial charge in [0, 0.05) is 59.0 Å². The molecule has 3 aliphatic heterocycles. The summed E-state index contributed by atoms with van der Waals surface area (Å²) in [4.78, 5) is 20.2. The van der Waals surface area contributed by atoms with Crippen LogP contribution in [0, 0.1) is 5.41 Å². The maximum atomic E-state index is 13.2. The fraction of sp³-hybridized carbons (Fsp3) is 0.565. The molecule has 2 saturated heterocycles. The highest BCUT2D eigenvalue weighted by Gasteiger charge is 2.59. The van der Waals surface area contributed by atoms with Gasteiger partial charge in [0.2, 0.25) is 5.91 Å². The van der Waals surface area contributed by atoms with Gasteiger partial charge in [0.15, 0.2) is 0 Å². The average molecular weight is 446 g/mol. The SMILES string of the molecule is CNC(=O)[C@@]1(Cc2cscn2)C[C@H]2CC[C@@H]1N2Cc1cc(Cl)cc2c1OCC2(C)C. The molecule has 1 N–H and O–H groups in total. The van der Waals surface area contributed by atoms with Crippen LogP contribution in [0.2, 0.25) is 5.02 Å². The van der Waals surface area contributed by atoms with Gasteiger partial charge < -0.3 is 10.1 Å². The number of nitrogens with one attached hydrogen (secondary N) is 1. The molecule has 3 atom stereocenters. The lowest BCUT2D eigenvalue weighted by Gasteiger charge is -2.35. The number of amides is 1. The molecule has 0 aliphatic carbocycles. The molecule has 1 aromatic heterocycles. The van der Waals surface area contributed by atoms with E-state index in [0.717, 1.165) is 47.8 Å². The van der Waals surface area contributed by atoms with Crippen LogP contribution in [0.5, 0.6) is 5.75 Å². The molecule has 160 valence electrons. The van der Waals surface area contributed by atoms with Gasteiger partial charge in [-0.25, -0.2) is 4.98 Å². The van der Waals surface area contributed by atoms with Crippen molar-refractivity contribution >= 4 is 28.8 Å². The highest BCUT2D eigenvalue weighted by atomic mass is 35.5. The van der Waals surface area contributed by atoms with Crippen LogP contribution in [-0.4, -0.2) is 41.5 Å². The van der Waals surface area contributed by atoms with E-state index < -0.39 is 5.41 Å². The highest BCUT2D eigenvalue weighted by molar-refractivity contribution is 7.07. The Morgan fingerprint density at radius 3 is 2.97 bits per heavy atom. The number of hydrogen-bond acceptors (Lipinski definition) is 5. The number of nitrogens with zero attached hydrogens (tertiary/aromatic N) is 2. The Labute approximate surface area is 186 Å². The Hall–Kier alpha value is -1.63. The number of carbonyl (C=O) groups is 1. The van der Waals surface area contributed by atoms with Gasteiger partial charge >= 0.3 is 0 Å². The molecule has 0 radical (unpaired) electrons. The van der Waals surface area contributed by atoms with E-state index in [1.54, 1.807) is 18.4 Å². The van der Waals surface area contributed by atoms with Crippen LogP contribution in [0.15, 0.2) is 23.0 Å². The van der Waals surface area contributed by atoms with Gasteiger partial charge in [-0.1, -0.05) is 25.4 Å². The van der Waals surface area contributed by atoms with Crippen molar-refractivity contribution in [1.82, 2.24) is 15.2 Å². The summed E-state index contributed by atoms with van der Waals surface area (Å²) >= 11 is 8.10. The van der Waals surface area contributed by atoms with Gasteiger partial charge in [0.1, 0.15) is 5.75 Å². The molecule has 30 heavy (non-hydrogen) atoms. The van der Waals surface area contributed by atoms with E-state index in [2.05, 4.69) is 34.4 Å². The van der Waals surface area contributed by atoms with E-state index in [0.29, 0.717) is 19.1 Å². The van der Waals surface area contributed by atoms with Crippen LogP contribution in [-0.2, 0) is 23.2 Å². The van der Waals surface area contributed by atoms with E-state index in [-0.39, 0.29) is 17.4 Å². The third kappa shape index (κ3) is 3.07. The predicted molar refractivity (Wildman–Crippen MR) is 119 cm³/mol. The molecule has 2 fully saturated rings. The summed E-state index contributed by atoms with van der Waals surface area (Å²) in [5.41, 5.74) is 4.75. The zero-order chi connectivity index (χ0) is 21.1. The summed E-state index contributed by atoms with van der Waals surface area (Å²) in [6.07, 6.45) is 3.75. The van der Waals surface area contributed by atoms with Gasteiger partial charge in [-0.2, -0.15) is 0 Å². The second-order valence-electron chi connectivity index (χ2n) is 9.63. The lowest BCUT2D eigenvalue weighted by atomic mass is 9.70. The molecular weight excluding hydrogens is 418 g/mol. The molecule has 2 bridgehead atoms. The molecule has 4 heterocycles. The normalized spacial score (nSPS) is 29.1. The van der Waals surface area contributed by atoms with Gasteiger partial charge in [-0.3, -0.25) is 9.69 Å². The summed E-state index contributed by atoms with van der Waals surface area (Å²) in [5, 5.41) is 5.78. The first kappa shape index (κ1) is 20.3. The van der Waals surface area contributed by atoms with Gasteiger partial charge in [0.25, 0.3) is 0 Å². The lowest BCUT2D eigenvalue weighted by Crippen LogP contribution is -2.49. The smallest absolute Gasteiger partial charge is 0.228 e. The molecule has 2 aromatic rings. The standard InChI is InChI=1S/C23H28ClN3O2S/c1-22(2)12-29-20-14(6-15(24)7-18(20)22)10-27-17-4-5-19(27)23(9-17,21(28)25-3)8-16-11-30-13-26-16/h6-7,11,13,17,19H,4-5,8-10,12H2,1-3H3,(H,25,28)/t17-,19+,23+/m1/s1. The Morgan fingerprint density at radius 2 is 2.23 bits per heavy atom. The molecule has 1 amide bonds. The van der Waals surface area contributed by atoms with E-state index >= 15 is 0 Å². The summed E-state index contributed by atoms with van der Waals surface area (Å²) in [7, 11) is 1.75.